The zero-order valence-electron chi connectivity index (χ0n) is 15.9. The first-order valence-electron chi connectivity index (χ1n) is 9.22. The first-order valence-corrected chi connectivity index (χ1v) is 10.0. The Bertz CT molecular complexity index is 1070. The predicted molar refractivity (Wildman–Crippen MR) is 117 cm³/mol. The number of ether oxygens (including phenoxy) is 1. The van der Waals surface area contributed by atoms with E-state index < -0.39 is 0 Å². The van der Waals surface area contributed by atoms with Crippen LogP contribution in [0.4, 0.5) is 10.5 Å². The molecule has 0 bridgehead atoms. The summed E-state index contributed by atoms with van der Waals surface area (Å²) in [5.74, 6) is 0.346. The fraction of sp³-hybridized carbons (Fsp3) is 0.0833. The molecule has 1 aliphatic heterocycles. The smallest absolute Gasteiger partial charge is 0.298 e. The number of rotatable bonds is 5. The average molecular weight is 401 g/mol. The third-order valence-corrected chi connectivity index (χ3v) is 5.40. The molecule has 4 rings (SSSR count). The molecule has 1 aliphatic rings. The van der Waals surface area contributed by atoms with Crippen LogP contribution in [0.5, 0.6) is 5.75 Å². The van der Waals surface area contributed by atoms with Crippen molar-refractivity contribution >= 4 is 34.7 Å². The van der Waals surface area contributed by atoms with Gasteiger partial charge in [0.2, 0.25) is 0 Å². The van der Waals surface area contributed by atoms with Gasteiger partial charge in [-0.2, -0.15) is 0 Å². The molecule has 29 heavy (non-hydrogen) atoms. The van der Waals surface area contributed by atoms with E-state index in [2.05, 4.69) is 0 Å². The Morgan fingerprint density at radius 3 is 2.34 bits per heavy atom. The first kappa shape index (κ1) is 19.0. The monoisotopic (exact) mass is 401 g/mol. The van der Waals surface area contributed by atoms with Crippen molar-refractivity contribution in [2.45, 2.75) is 13.5 Å². The normalized spacial score (nSPS) is 15.2. The lowest BCUT2D eigenvalue weighted by atomic mass is 10.1. The highest BCUT2D eigenvalue weighted by atomic mass is 32.2. The standard InChI is InChI=1S/C24H19NO3S/c1-17-11-13-18(14-12-17)16-28-21-10-6-5-7-19(21)15-22-23(26)25(24(27)29-22)20-8-3-2-4-9-20/h2-15H,16H2,1H3/b22-15-. The molecule has 0 spiro atoms. The Hall–Kier alpha value is -3.31. The molecular weight excluding hydrogens is 382 g/mol. The van der Waals surface area contributed by atoms with Crippen LogP contribution in [0.3, 0.4) is 0 Å². The van der Waals surface area contributed by atoms with Gasteiger partial charge in [0.1, 0.15) is 12.4 Å². The Balaban J connectivity index is 1.56. The van der Waals surface area contributed by atoms with Crippen molar-refractivity contribution in [1.82, 2.24) is 0 Å². The van der Waals surface area contributed by atoms with Gasteiger partial charge in [-0.1, -0.05) is 66.2 Å². The van der Waals surface area contributed by atoms with E-state index in [4.69, 9.17) is 4.74 Å². The number of para-hydroxylation sites is 2. The topological polar surface area (TPSA) is 46.6 Å². The molecule has 0 saturated carbocycles. The van der Waals surface area contributed by atoms with Crippen LogP contribution in [0.1, 0.15) is 16.7 Å². The van der Waals surface area contributed by atoms with E-state index in [1.165, 1.54) is 10.5 Å². The van der Waals surface area contributed by atoms with Crippen LogP contribution in [0.15, 0.2) is 83.8 Å². The van der Waals surface area contributed by atoms with Crippen molar-refractivity contribution in [2.24, 2.45) is 0 Å². The second kappa shape index (κ2) is 8.37. The lowest BCUT2D eigenvalue weighted by Crippen LogP contribution is -2.27. The van der Waals surface area contributed by atoms with Gasteiger partial charge in [-0.15, -0.1) is 0 Å². The summed E-state index contributed by atoms with van der Waals surface area (Å²) in [6.45, 7) is 2.47. The van der Waals surface area contributed by atoms with Crippen molar-refractivity contribution in [3.8, 4) is 5.75 Å². The average Bonchev–Trinajstić information content (AvgIpc) is 3.02. The number of hydrogen-bond donors (Lipinski definition) is 0. The summed E-state index contributed by atoms with van der Waals surface area (Å²) in [6.07, 6.45) is 1.72. The third-order valence-electron chi connectivity index (χ3n) is 4.53. The number of carbonyl (C=O) groups is 2. The Kier molecular flexibility index (Phi) is 5.49. The molecule has 0 N–H and O–H groups in total. The minimum absolute atomic E-state index is 0.300. The summed E-state index contributed by atoms with van der Waals surface area (Å²) >= 11 is 0.939. The van der Waals surface area contributed by atoms with Gasteiger partial charge in [0.15, 0.2) is 0 Å². The zero-order chi connectivity index (χ0) is 20.2. The highest BCUT2D eigenvalue weighted by molar-refractivity contribution is 8.19. The molecule has 2 amide bonds. The number of carbonyl (C=O) groups excluding carboxylic acids is 2. The van der Waals surface area contributed by atoms with Gasteiger partial charge in [0.25, 0.3) is 11.1 Å². The Morgan fingerprint density at radius 2 is 1.59 bits per heavy atom. The molecule has 0 aliphatic carbocycles. The summed E-state index contributed by atoms with van der Waals surface area (Å²) < 4.78 is 5.98. The summed E-state index contributed by atoms with van der Waals surface area (Å²) in [5.41, 5.74) is 3.60. The maximum absolute atomic E-state index is 12.8. The molecule has 1 fully saturated rings. The number of amides is 2. The molecule has 3 aromatic rings. The van der Waals surface area contributed by atoms with E-state index in [1.54, 1.807) is 30.3 Å². The number of nitrogens with zero attached hydrogens (tertiary/aromatic N) is 1. The summed E-state index contributed by atoms with van der Waals surface area (Å²) in [7, 11) is 0. The number of thioether (sulfide) groups is 1. The van der Waals surface area contributed by atoms with E-state index in [9.17, 15) is 9.59 Å². The fourth-order valence-corrected chi connectivity index (χ4v) is 3.82. The number of aryl methyl sites for hydroxylation is 1. The molecule has 0 unspecified atom stereocenters. The van der Waals surface area contributed by atoms with Crippen molar-refractivity contribution in [1.29, 1.82) is 0 Å². The van der Waals surface area contributed by atoms with Gasteiger partial charge in [0, 0.05) is 5.56 Å². The molecule has 144 valence electrons. The van der Waals surface area contributed by atoms with Crippen LogP contribution in [0, 0.1) is 6.92 Å². The number of anilines is 1. The van der Waals surface area contributed by atoms with E-state index in [-0.39, 0.29) is 11.1 Å². The second-order valence-corrected chi connectivity index (χ2v) is 7.66. The van der Waals surface area contributed by atoms with Crippen molar-refractivity contribution < 1.29 is 14.3 Å². The van der Waals surface area contributed by atoms with Crippen LogP contribution < -0.4 is 9.64 Å². The van der Waals surface area contributed by atoms with Crippen molar-refractivity contribution in [3.63, 3.8) is 0 Å². The summed E-state index contributed by atoms with van der Waals surface area (Å²) in [4.78, 5) is 26.8. The summed E-state index contributed by atoms with van der Waals surface area (Å²) in [6, 6.07) is 24.6. The van der Waals surface area contributed by atoms with Crippen LogP contribution >= 0.6 is 11.8 Å². The lowest BCUT2D eigenvalue weighted by molar-refractivity contribution is -0.113. The van der Waals surface area contributed by atoms with Gasteiger partial charge >= 0.3 is 0 Å². The molecule has 0 radical (unpaired) electrons. The lowest BCUT2D eigenvalue weighted by Gasteiger charge is -2.12. The Morgan fingerprint density at radius 1 is 0.897 bits per heavy atom. The van der Waals surface area contributed by atoms with Gasteiger partial charge < -0.3 is 4.74 Å². The van der Waals surface area contributed by atoms with E-state index >= 15 is 0 Å². The third kappa shape index (κ3) is 4.25. The van der Waals surface area contributed by atoms with Crippen LogP contribution in [-0.2, 0) is 11.4 Å². The maximum Gasteiger partial charge on any atom is 0.298 e. The van der Waals surface area contributed by atoms with E-state index in [1.807, 2.05) is 61.5 Å². The molecule has 4 nitrogen and oxygen atoms in total. The van der Waals surface area contributed by atoms with Gasteiger partial charge in [-0.25, -0.2) is 4.90 Å². The van der Waals surface area contributed by atoms with E-state index in [0.29, 0.717) is 22.9 Å². The molecule has 1 saturated heterocycles. The number of imide groups is 1. The quantitative estimate of drug-likeness (QED) is 0.506. The van der Waals surface area contributed by atoms with Gasteiger partial charge in [-0.05, 0) is 48.5 Å². The van der Waals surface area contributed by atoms with Crippen molar-refractivity contribution in [2.75, 3.05) is 4.90 Å². The molecular formula is C24H19NO3S. The van der Waals surface area contributed by atoms with Crippen LogP contribution in [-0.4, -0.2) is 11.1 Å². The minimum atomic E-state index is -0.320. The van der Waals surface area contributed by atoms with Gasteiger partial charge in [0.05, 0.1) is 10.6 Å². The van der Waals surface area contributed by atoms with Gasteiger partial charge in [-0.3, -0.25) is 9.59 Å². The van der Waals surface area contributed by atoms with Crippen LogP contribution in [0.2, 0.25) is 0 Å². The Labute approximate surface area is 173 Å². The predicted octanol–water partition coefficient (Wildman–Crippen LogP) is 5.81. The number of benzene rings is 3. The highest BCUT2D eigenvalue weighted by Gasteiger charge is 2.36. The molecule has 5 heteroatoms. The second-order valence-electron chi connectivity index (χ2n) is 6.66. The summed E-state index contributed by atoms with van der Waals surface area (Å²) in [5, 5.41) is -0.300. The molecule has 1 heterocycles. The van der Waals surface area contributed by atoms with E-state index in [0.717, 1.165) is 22.9 Å². The minimum Gasteiger partial charge on any atom is -0.488 e. The molecule has 0 atom stereocenters. The number of hydrogen-bond acceptors (Lipinski definition) is 4. The van der Waals surface area contributed by atoms with Crippen molar-refractivity contribution in [3.05, 3.63) is 100 Å². The first-order chi connectivity index (χ1) is 14.1. The molecule has 3 aromatic carbocycles. The SMILES string of the molecule is Cc1ccc(COc2ccccc2/C=C2\SC(=O)N(c3ccccc3)C2=O)cc1. The highest BCUT2D eigenvalue weighted by Crippen LogP contribution is 2.36. The maximum atomic E-state index is 12.8. The largest absolute Gasteiger partial charge is 0.488 e. The van der Waals surface area contributed by atoms with Crippen LogP contribution in [0.25, 0.3) is 6.08 Å². The fourth-order valence-electron chi connectivity index (χ4n) is 2.99. The molecule has 0 aromatic heterocycles. The zero-order valence-corrected chi connectivity index (χ0v) is 16.7.